The molecule has 0 aliphatic rings. The topological polar surface area (TPSA) is 97.1 Å². The molecule has 2 aromatic rings. The minimum absolute atomic E-state index is 0.107. The Labute approximate surface area is 112 Å². The molecule has 2 heterocycles. The Balaban J connectivity index is 1.94. The van der Waals surface area contributed by atoms with E-state index in [-0.39, 0.29) is 18.1 Å². The fourth-order valence-corrected chi connectivity index (χ4v) is 2.30. The molecular weight excluding hydrogens is 268 g/mol. The Hall–Kier alpha value is -2.22. The molecule has 0 radical (unpaired) electrons. The largest absolute Gasteiger partial charge is 0.480 e. The second kappa shape index (κ2) is 5.61. The predicted octanol–water partition coefficient (Wildman–Crippen LogP) is 0.663. The van der Waals surface area contributed by atoms with Gasteiger partial charge in [0.25, 0.3) is 5.91 Å². The first kappa shape index (κ1) is 13.2. The quantitative estimate of drug-likeness (QED) is 0.838. The molecule has 0 aromatic carbocycles. The summed E-state index contributed by atoms with van der Waals surface area (Å²) in [6.45, 7) is 2.08. The van der Waals surface area contributed by atoms with Gasteiger partial charge in [-0.2, -0.15) is 0 Å². The lowest BCUT2D eigenvalue weighted by Crippen LogP contribution is -2.23. The fourth-order valence-electron chi connectivity index (χ4n) is 1.45. The van der Waals surface area contributed by atoms with Crippen molar-refractivity contribution in [3.63, 3.8) is 0 Å². The third kappa shape index (κ3) is 3.38. The smallest absolute Gasteiger partial charge is 0.325 e. The number of hydrogen-bond acceptors (Lipinski definition) is 5. The van der Waals surface area contributed by atoms with Gasteiger partial charge in [0, 0.05) is 4.88 Å². The molecule has 7 nitrogen and oxygen atoms in total. The molecular formula is C11H12N4O3S. The number of carboxylic acids is 1. The molecule has 2 rings (SSSR count). The molecule has 0 aliphatic carbocycles. The maximum atomic E-state index is 11.8. The van der Waals surface area contributed by atoms with E-state index in [2.05, 4.69) is 15.6 Å². The molecule has 0 bridgehead atoms. The van der Waals surface area contributed by atoms with Crippen LogP contribution in [0.25, 0.3) is 0 Å². The highest BCUT2D eigenvalue weighted by Crippen LogP contribution is 2.14. The highest BCUT2D eigenvalue weighted by molar-refractivity contribution is 7.10. The summed E-state index contributed by atoms with van der Waals surface area (Å²) in [7, 11) is 0. The van der Waals surface area contributed by atoms with Crippen LogP contribution in [0.4, 0.5) is 0 Å². The van der Waals surface area contributed by atoms with Gasteiger partial charge in [-0.25, -0.2) is 4.68 Å². The van der Waals surface area contributed by atoms with Crippen molar-refractivity contribution in [1.29, 1.82) is 0 Å². The molecule has 100 valence electrons. The van der Waals surface area contributed by atoms with Crippen LogP contribution < -0.4 is 5.32 Å². The Morgan fingerprint density at radius 2 is 2.32 bits per heavy atom. The average Bonchev–Trinajstić information content (AvgIpc) is 2.95. The van der Waals surface area contributed by atoms with Crippen LogP contribution in [0, 0.1) is 6.92 Å². The number of aliphatic carboxylic acids is 1. The van der Waals surface area contributed by atoms with Crippen LogP contribution in [0.3, 0.4) is 0 Å². The number of aryl methyl sites for hydroxylation is 1. The maximum Gasteiger partial charge on any atom is 0.325 e. The van der Waals surface area contributed by atoms with Crippen molar-refractivity contribution in [3.8, 4) is 0 Å². The van der Waals surface area contributed by atoms with Crippen molar-refractivity contribution < 1.29 is 14.7 Å². The second-order valence-electron chi connectivity index (χ2n) is 3.90. The molecule has 1 amide bonds. The molecule has 8 heteroatoms. The number of aromatic nitrogens is 3. The molecule has 2 aromatic heterocycles. The third-order valence-electron chi connectivity index (χ3n) is 2.45. The third-order valence-corrected chi connectivity index (χ3v) is 3.47. The lowest BCUT2D eigenvalue weighted by Gasteiger charge is -2.01. The lowest BCUT2D eigenvalue weighted by molar-refractivity contribution is -0.137. The van der Waals surface area contributed by atoms with Gasteiger partial charge >= 0.3 is 5.97 Å². The molecule has 0 fully saturated rings. The van der Waals surface area contributed by atoms with Gasteiger partial charge in [-0.05, 0) is 23.9 Å². The van der Waals surface area contributed by atoms with Crippen molar-refractivity contribution in [1.82, 2.24) is 20.3 Å². The highest BCUT2D eigenvalue weighted by atomic mass is 32.1. The van der Waals surface area contributed by atoms with Crippen molar-refractivity contribution in [3.05, 3.63) is 33.8 Å². The number of hydrogen-bond donors (Lipinski definition) is 2. The van der Waals surface area contributed by atoms with Crippen LogP contribution in [-0.4, -0.2) is 32.0 Å². The van der Waals surface area contributed by atoms with Crippen molar-refractivity contribution >= 4 is 23.2 Å². The van der Waals surface area contributed by atoms with Crippen LogP contribution in [0.2, 0.25) is 0 Å². The van der Waals surface area contributed by atoms with Crippen LogP contribution in [0.15, 0.2) is 17.6 Å². The number of nitrogens with one attached hydrogen (secondary N) is 1. The molecule has 2 N–H and O–H groups in total. The van der Waals surface area contributed by atoms with E-state index in [4.69, 9.17) is 5.11 Å². The van der Waals surface area contributed by atoms with Crippen LogP contribution in [-0.2, 0) is 17.9 Å². The first-order chi connectivity index (χ1) is 9.06. The molecule has 0 spiro atoms. The number of nitrogens with zero attached hydrogens (tertiary/aromatic N) is 3. The number of carboxylic acid groups (broad SMARTS) is 1. The van der Waals surface area contributed by atoms with E-state index < -0.39 is 5.97 Å². The molecule has 19 heavy (non-hydrogen) atoms. The van der Waals surface area contributed by atoms with Gasteiger partial charge in [-0.3, -0.25) is 9.59 Å². The minimum Gasteiger partial charge on any atom is -0.480 e. The van der Waals surface area contributed by atoms with Crippen LogP contribution >= 0.6 is 11.3 Å². The first-order valence-corrected chi connectivity index (χ1v) is 6.37. The Morgan fingerprint density at radius 1 is 1.53 bits per heavy atom. The Bertz CT molecular complexity index is 605. The number of rotatable bonds is 5. The van der Waals surface area contributed by atoms with E-state index in [1.807, 2.05) is 18.4 Å². The first-order valence-electron chi connectivity index (χ1n) is 5.49. The van der Waals surface area contributed by atoms with Crippen molar-refractivity contribution in [2.75, 3.05) is 0 Å². The van der Waals surface area contributed by atoms with Gasteiger partial charge in [0.15, 0.2) is 5.69 Å². The fraction of sp³-hybridized carbons (Fsp3) is 0.273. The van der Waals surface area contributed by atoms with Crippen molar-refractivity contribution in [2.45, 2.75) is 20.0 Å². The summed E-state index contributed by atoms with van der Waals surface area (Å²) in [5.74, 6) is -1.41. The molecule has 0 saturated carbocycles. The van der Waals surface area contributed by atoms with E-state index in [0.717, 1.165) is 15.1 Å². The number of thiophene rings is 1. The monoisotopic (exact) mass is 280 g/mol. The maximum absolute atomic E-state index is 11.8. The summed E-state index contributed by atoms with van der Waals surface area (Å²) in [6, 6.07) is 1.98. The summed E-state index contributed by atoms with van der Waals surface area (Å²) in [6.07, 6.45) is 1.31. The van der Waals surface area contributed by atoms with E-state index in [0.29, 0.717) is 6.54 Å². The van der Waals surface area contributed by atoms with Crippen LogP contribution in [0.1, 0.15) is 20.9 Å². The molecule has 0 unspecified atom stereocenters. The SMILES string of the molecule is Cc1ccsc1CNC(=O)c1cn(CC(=O)O)nn1. The van der Waals surface area contributed by atoms with E-state index in [9.17, 15) is 9.59 Å². The Morgan fingerprint density at radius 3 is 2.95 bits per heavy atom. The van der Waals surface area contributed by atoms with E-state index in [1.165, 1.54) is 6.20 Å². The molecule has 0 aliphatic heterocycles. The lowest BCUT2D eigenvalue weighted by atomic mass is 10.3. The van der Waals surface area contributed by atoms with E-state index in [1.54, 1.807) is 11.3 Å². The van der Waals surface area contributed by atoms with Gasteiger partial charge in [-0.1, -0.05) is 5.21 Å². The summed E-state index contributed by atoms with van der Waals surface area (Å²) in [5.41, 5.74) is 1.23. The second-order valence-corrected chi connectivity index (χ2v) is 4.91. The number of carbonyl (C=O) groups is 2. The predicted molar refractivity (Wildman–Crippen MR) is 67.9 cm³/mol. The zero-order chi connectivity index (χ0) is 13.8. The normalized spacial score (nSPS) is 10.4. The zero-order valence-electron chi connectivity index (χ0n) is 10.2. The highest BCUT2D eigenvalue weighted by Gasteiger charge is 2.12. The summed E-state index contributed by atoms with van der Waals surface area (Å²) in [4.78, 5) is 23.3. The molecule has 0 saturated heterocycles. The van der Waals surface area contributed by atoms with Gasteiger partial charge in [0.2, 0.25) is 0 Å². The van der Waals surface area contributed by atoms with Gasteiger partial charge < -0.3 is 10.4 Å². The summed E-state index contributed by atoms with van der Waals surface area (Å²) in [5, 5.41) is 20.5. The number of carbonyl (C=O) groups excluding carboxylic acids is 1. The van der Waals surface area contributed by atoms with Gasteiger partial charge in [-0.15, -0.1) is 16.4 Å². The minimum atomic E-state index is -1.04. The summed E-state index contributed by atoms with van der Waals surface area (Å²) >= 11 is 1.57. The average molecular weight is 280 g/mol. The summed E-state index contributed by atoms with van der Waals surface area (Å²) < 4.78 is 1.10. The van der Waals surface area contributed by atoms with Gasteiger partial charge in [0.05, 0.1) is 12.7 Å². The van der Waals surface area contributed by atoms with Crippen LogP contribution in [0.5, 0.6) is 0 Å². The zero-order valence-corrected chi connectivity index (χ0v) is 11.0. The standard InChI is InChI=1S/C11H12N4O3S/c1-7-2-3-19-9(7)4-12-11(18)8-5-15(14-13-8)6-10(16)17/h2-3,5H,4,6H2,1H3,(H,12,18)(H,16,17). The number of amides is 1. The molecule has 0 atom stereocenters. The van der Waals surface area contributed by atoms with Gasteiger partial charge in [0.1, 0.15) is 6.54 Å². The van der Waals surface area contributed by atoms with Crippen molar-refractivity contribution in [2.24, 2.45) is 0 Å². The Kier molecular flexibility index (Phi) is 3.91. The van der Waals surface area contributed by atoms with E-state index >= 15 is 0 Å².